The molecule has 4 nitrogen and oxygen atoms in total. The van der Waals surface area contributed by atoms with Gasteiger partial charge in [-0.05, 0) is 42.7 Å². The van der Waals surface area contributed by atoms with Crippen LogP contribution in [0.5, 0.6) is 11.5 Å². The van der Waals surface area contributed by atoms with Crippen molar-refractivity contribution in [3.8, 4) is 11.5 Å². The highest BCUT2D eigenvalue weighted by Gasteiger charge is 2.47. The Bertz CT molecular complexity index is 645. The second-order valence-corrected chi connectivity index (χ2v) is 5.42. The smallest absolute Gasteiger partial charge is 0.306 e. The van der Waals surface area contributed by atoms with Crippen LogP contribution in [0.25, 0.3) is 0 Å². The lowest BCUT2D eigenvalue weighted by atomic mass is 9.67. The first kappa shape index (κ1) is 13.6. The third kappa shape index (κ3) is 2.76. The van der Waals surface area contributed by atoms with E-state index in [-0.39, 0.29) is 12.8 Å². The SMILES string of the molecule is O=C(O)C1CC(O)(c2cccc(Oc3ccccc3)c2)C1. The summed E-state index contributed by atoms with van der Waals surface area (Å²) in [5.74, 6) is 0.0367. The van der Waals surface area contributed by atoms with Crippen molar-refractivity contribution >= 4 is 5.97 Å². The Hall–Kier alpha value is -2.33. The lowest BCUT2D eigenvalue weighted by molar-refractivity contribution is -0.159. The van der Waals surface area contributed by atoms with Crippen LogP contribution in [0.3, 0.4) is 0 Å². The molecule has 0 bridgehead atoms. The van der Waals surface area contributed by atoms with Crippen LogP contribution in [0, 0.1) is 5.92 Å². The molecule has 2 N–H and O–H groups in total. The average molecular weight is 284 g/mol. The third-order valence-corrected chi connectivity index (χ3v) is 3.87. The molecule has 0 aromatic heterocycles. The highest BCUT2D eigenvalue weighted by molar-refractivity contribution is 5.72. The molecule has 0 atom stereocenters. The summed E-state index contributed by atoms with van der Waals surface area (Å²) in [6.45, 7) is 0. The zero-order valence-electron chi connectivity index (χ0n) is 11.4. The maximum absolute atomic E-state index is 10.9. The molecule has 0 radical (unpaired) electrons. The number of ether oxygens (including phenoxy) is 1. The van der Waals surface area contributed by atoms with Gasteiger partial charge >= 0.3 is 5.97 Å². The van der Waals surface area contributed by atoms with E-state index in [4.69, 9.17) is 9.84 Å². The van der Waals surface area contributed by atoms with Crippen molar-refractivity contribution in [2.45, 2.75) is 18.4 Å². The van der Waals surface area contributed by atoms with Crippen molar-refractivity contribution in [1.82, 2.24) is 0 Å². The average Bonchev–Trinajstić information content (AvgIpc) is 2.45. The highest BCUT2D eigenvalue weighted by Crippen LogP contribution is 2.46. The van der Waals surface area contributed by atoms with Gasteiger partial charge in [0.05, 0.1) is 11.5 Å². The molecule has 1 saturated carbocycles. The van der Waals surface area contributed by atoms with Gasteiger partial charge in [-0.2, -0.15) is 0 Å². The van der Waals surface area contributed by atoms with E-state index in [2.05, 4.69) is 0 Å². The van der Waals surface area contributed by atoms with Crippen LogP contribution < -0.4 is 4.74 Å². The van der Waals surface area contributed by atoms with E-state index >= 15 is 0 Å². The molecule has 3 rings (SSSR count). The van der Waals surface area contributed by atoms with Crippen molar-refractivity contribution < 1.29 is 19.7 Å². The number of aliphatic carboxylic acids is 1. The predicted octanol–water partition coefficient (Wildman–Crippen LogP) is 3.16. The topological polar surface area (TPSA) is 66.8 Å². The Morgan fingerprint density at radius 3 is 2.38 bits per heavy atom. The summed E-state index contributed by atoms with van der Waals surface area (Å²) in [6.07, 6.45) is 0.494. The fourth-order valence-electron chi connectivity index (χ4n) is 2.64. The molecule has 0 heterocycles. The van der Waals surface area contributed by atoms with Gasteiger partial charge in [0.2, 0.25) is 0 Å². The van der Waals surface area contributed by atoms with Gasteiger partial charge in [0, 0.05) is 0 Å². The molecule has 0 amide bonds. The molecule has 0 unspecified atom stereocenters. The van der Waals surface area contributed by atoms with Crippen LogP contribution in [0.1, 0.15) is 18.4 Å². The quantitative estimate of drug-likeness (QED) is 0.905. The van der Waals surface area contributed by atoms with E-state index in [1.165, 1.54) is 0 Å². The van der Waals surface area contributed by atoms with Gasteiger partial charge in [-0.15, -0.1) is 0 Å². The summed E-state index contributed by atoms with van der Waals surface area (Å²) in [4.78, 5) is 10.9. The Labute approximate surface area is 122 Å². The fourth-order valence-corrected chi connectivity index (χ4v) is 2.64. The zero-order valence-corrected chi connectivity index (χ0v) is 11.4. The minimum absolute atomic E-state index is 0.247. The number of rotatable bonds is 4. The number of para-hydroxylation sites is 1. The number of carbonyl (C=O) groups is 1. The summed E-state index contributed by atoms with van der Waals surface area (Å²) < 4.78 is 5.73. The largest absolute Gasteiger partial charge is 0.481 e. The summed E-state index contributed by atoms with van der Waals surface area (Å²) in [5, 5.41) is 19.4. The molecule has 4 heteroatoms. The van der Waals surface area contributed by atoms with Gasteiger partial charge < -0.3 is 14.9 Å². The van der Waals surface area contributed by atoms with E-state index in [0.717, 1.165) is 5.75 Å². The molecule has 1 aliphatic carbocycles. The van der Waals surface area contributed by atoms with Crippen LogP contribution in [0.4, 0.5) is 0 Å². The first-order valence-electron chi connectivity index (χ1n) is 6.85. The molecule has 2 aromatic carbocycles. The predicted molar refractivity (Wildman–Crippen MR) is 77.2 cm³/mol. The maximum Gasteiger partial charge on any atom is 0.306 e. The van der Waals surface area contributed by atoms with Gasteiger partial charge in [-0.3, -0.25) is 4.79 Å². The van der Waals surface area contributed by atoms with E-state index in [1.807, 2.05) is 36.4 Å². The molecule has 1 aliphatic rings. The third-order valence-electron chi connectivity index (χ3n) is 3.87. The standard InChI is InChI=1S/C17H16O4/c18-16(19)12-10-17(20,11-12)13-5-4-8-15(9-13)21-14-6-2-1-3-7-14/h1-9,12,20H,10-11H2,(H,18,19). The lowest BCUT2D eigenvalue weighted by Crippen LogP contribution is -2.44. The van der Waals surface area contributed by atoms with Gasteiger partial charge in [0.15, 0.2) is 0 Å². The van der Waals surface area contributed by atoms with Crippen molar-refractivity contribution in [2.75, 3.05) is 0 Å². The molecule has 1 fully saturated rings. The van der Waals surface area contributed by atoms with Crippen LogP contribution in [-0.4, -0.2) is 16.2 Å². The van der Waals surface area contributed by atoms with Crippen LogP contribution in [0.2, 0.25) is 0 Å². The number of hydrogen-bond acceptors (Lipinski definition) is 3. The Kier molecular flexibility index (Phi) is 3.39. The number of carboxylic acids is 1. The van der Waals surface area contributed by atoms with Crippen molar-refractivity contribution in [3.05, 3.63) is 60.2 Å². The van der Waals surface area contributed by atoms with E-state index < -0.39 is 17.5 Å². The summed E-state index contributed by atoms with van der Waals surface area (Å²) >= 11 is 0. The van der Waals surface area contributed by atoms with Crippen LogP contribution in [-0.2, 0) is 10.4 Å². The lowest BCUT2D eigenvalue weighted by Gasteiger charge is -2.41. The molecule has 0 spiro atoms. The first-order chi connectivity index (χ1) is 10.1. The first-order valence-corrected chi connectivity index (χ1v) is 6.85. The number of hydrogen-bond donors (Lipinski definition) is 2. The molecule has 0 aliphatic heterocycles. The van der Waals surface area contributed by atoms with E-state index in [1.54, 1.807) is 18.2 Å². The molecule has 108 valence electrons. The van der Waals surface area contributed by atoms with Gasteiger partial charge in [0.1, 0.15) is 11.5 Å². The van der Waals surface area contributed by atoms with Gasteiger partial charge in [-0.25, -0.2) is 0 Å². The number of carboxylic acid groups (broad SMARTS) is 1. The molecule has 0 saturated heterocycles. The van der Waals surface area contributed by atoms with Crippen LogP contribution in [0.15, 0.2) is 54.6 Å². The van der Waals surface area contributed by atoms with E-state index in [9.17, 15) is 9.90 Å². The zero-order chi connectivity index (χ0) is 14.9. The minimum atomic E-state index is -1.06. The Morgan fingerprint density at radius 2 is 1.71 bits per heavy atom. The Balaban J connectivity index is 1.77. The number of benzene rings is 2. The minimum Gasteiger partial charge on any atom is -0.481 e. The molecule has 2 aromatic rings. The maximum atomic E-state index is 10.9. The summed E-state index contributed by atoms with van der Waals surface area (Å²) in [7, 11) is 0. The summed E-state index contributed by atoms with van der Waals surface area (Å²) in [5.41, 5.74) is -0.354. The number of aliphatic hydroxyl groups is 1. The van der Waals surface area contributed by atoms with Crippen molar-refractivity contribution in [1.29, 1.82) is 0 Å². The molecule has 21 heavy (non-hydrogen) atoms. The van der Waals surface area contributed by atoms with Crippen LogP contribution >= 0.6 is 0 Å². The van der Waals surface area contributed by atoms with Crippen molar-refractivity contribution in [2.24, 2.45) is 5.92 Å². The second-order valence-electron chi connectivity index (χ2n) is 5.42. The molecular formula is C17H16O4. The Morgan fingerprint density at radius 1 is 1.05 bits per heavy atom. The monoisotopic (exact) mass is 284 g/mol. The highest BCUT2D eigenvalue weighted by atomic mass is 16.5. The second kappa shape index (κ2) is 5.22. The van der Waals surface area contributed by atoms with Gasteiger partial charge in [0.25, 0.3) is 0 Å². The normalized spacial score (nSPS) is 24.1. The summed E-state index contributed by atoms with van der Waals surface area (Å²) in [6, 6.07) is 16.6. The molecular weight excluding hydrogens is 268 g/mol. The van der Waals surface area contributed by atoms with Crippen molar-refractivity contribution in [3.63, 3.8) is 0 Å². The van der Waals surface area contributed by atoms with E-state index in [0.29, 0.717) is 11.3 Å². The van der Waals surface area contributed by atoms with Gasteiger partial charge in [-0.1, -0.05) is 30.3 Å². The fraction of sp³-hybridized carbons (Fsp3) is 0.235.